The highest BCUT2D eigenvalue weighted by Gasteiger charge is 2.24. The molecule has 0 atom stereocenters. The molecule has 1 N–H and O–H groups in total. The van der Waals surface area contributed by atoms with E-state index in [0.29, 0.717) is 31.1 Å². The van der Waals surface area contributed by atoms with Crippen LogP contribution >= 0.6 is 12.4 Å². The average Bonchev–Trinajstić information content (AvgIpc) is 2.93. The fourth-order valence-corrected chi connectivity index (χ4v) is 4.15. The summed E-state index contributed by atoms with van der Waals surface area (Å²) in [5.74, 6) is 2.00. The van der Waals surface area contributed by atoms with Crippen molar-refractivity contribution in [3.63, 3.8) is 0 Å². The van der Waals surface area contributed by atoms with Gasteiger partial charge in [0.05, 0.1) is 12.0 Å². The molecule has 142 valence electrons. The highest BCUT2D eigenvalue weighted by Crippen LogP contribution is 2.26. The Hall–Kier alpha value is -1.80. The summed E-state index contributed by atoms with van der Waals surface area (Å²) in [5.41, 5.74) is 0. The maximum atomic E-state index is 12.7. The van der Waals surface area contributed by atoms with Crippen LogP contribution < -0.4 is 14.8 Å². The largest absolute Gasteiger partial charge is 0.497 e. The van der Waals surface area contributed by atoms with Crippen molar-refractivity contribution in [3.8, 4) is 17.2 Å². The lowest BCUT2D eigenvalue weighted by molar-refractivity contribution is 0.413. The van der Waals surface area contributed by atoms with Gasteiger partial charge in [0.1, 0.15) is 17.2 Å². The number of ether oxygens (including phenoxy) is 2. The lowest BCUT2D eigenvalue weighted by Crippen LogP contribution is -2.34. The molecule has 0 unspecified atom stereocenters. The molecule has 0 spiro atoms. The zero-order valence-electron chi connectivity index (χ0n) is 14.6. The molecule has 1 heterocycles. The maximum Gasteiger partial charge on any atom is 0.243 e. The minimum absolute atomic E-state index is 0. The Kier molecular flexibility index (Phi) is 7.28. The van der Waals surface area contributed by atoms with Crippen LogP contribution in [0.25, 0.3) is 0 Å². The third-order valence-electron chi connectivity index (χ3n) is 4.06. The highest BCUT2D eigenvalue weighted by molar-refractivity contribution is 7.89. The molecule has 6 nitrogen and oxygen atoms in total. The molecule has 0 aliphatic carbocycles. The van der Waals surface area contributed by atoms with E-state index in [-0.39, 0.29) is 17.3 Å². The lowest BCUT2D eigenvalue weighted by Gasteiger charge is -2.19. The van der Waals surface area contributed by atoms with Gasteiger partial charge in [0, 0.05) is 19.6 Å². The van der Waals surface area contributed by atoms with Gasteiger partial charge >= 0.3 is 0 Å². The summed E-state index contributed by atoms with van der Waals surface area (Å²) < 4.78 is 37.8. The average molecular weight is 399 g/mol. The van der Waals surface area contributed by atoms with Crippen molar-refractivity contribution in [2.24, 2.45) is 0 Å². The number of rotatable bonds is 5. The Morgan fingerprint density at radius 1 is 0.885 bits per heavy atom. The molecule has 2 aromatic carbocycles. The Morgan fingerprint density at radius 3 is 2.08 bits per heavy atom. The van der Waals surface area contributed by atoms with Crippen molar-refractivity contribution in [2.75, 3.05) is 33.3 Å². The minimum atomic E-state index is -3.46. The second-order valence-electron chi connectivity index (χ2n) is 5.76. The quantitative estimate of drug-likeness (QED) is 0.838. The van der Waals surface area contributed by atoms with Crippen LogP contribution in [0.5, 0.6) is 17.2 Å². The summed E-state index contributed by atoms with van der Waals surface area (Å²) in [7, 11) is -1.86. The predicted molar refractivity (Wildman–Crippen MR) is 103 cm³/mol. The number of methoxy groups -OCH3 is 1. The molecule has 0 amide bonds. The Balaban J connectivity index is 0.00000243. The van der Waals surface area contributed by atoms with Crippen molar-refractivity contribution in [1.82, 2.24) is 9.62 Å². The fourth-order valence-electron chi connectivity index (χ4n) is 2.67. The Labute approximate surface area is 160 Å². The van der Waals surface area contributed by atoms with E-state index in [2.05, 4.69) is 5.32 Å². The van der Waals surface area contributed by atoms with Gasteiger partial charge in [0.25, 0.3) is 0 Å². The van der Waals surface area contributed by atoms with Gasteiger partial charge in [-0.25, -0.2) is 8.42 Å². The standard InChI is InChI=1S/C18H22N2O4S.ClH/c1-23-15-3-5-16(6-4-15)24-17-7-9-18(10-8-17)25(21,22)20-13-2-11-19-12-14-20;/h3-10,19H,2,11-14H2,1H3;1H. The van der Waals surface area contributed by atoms with Crippen molar-refractivity contribution in [3.05, 3.63) is 48.5 Å². The van der Waals surface area contributed by atoms with Gasteiger partial charge in [-0.1, -0.05) is 0 Å². The van der Waals surface area contributed by atoms with Crippen molar-refractivity contribution in [1.29, 1.82) is 0 Å². The minimum Gasteiger partial charge on any atom is -0.497 e. The third-order valence-corrected chi connectivity index (χ3v) is 5.97. The summed E-state index contributed by atoms with van der Waals surface area (Å²) >= 11 is 0. The molecule has 1 aliphatic heterocycles. The third kappa shape index (κ3) is 4.88. The van der Waals surface area contributed by atoms with Crippen molar-refractivity contribution in [2.45, 2.75) is 11.3 Å². The number of nitrogens with one attached hydrogen (secondary N) is 1. The summed E-state index contributed by atoms with van der Waals surface area (Å²) in [6, 6.07) is 13.7. The van der Waals surface area contributed by atoms with Gasteiger partial charge in [-0.2, -0.15) is 4.31 Å². The van der Waals surface area contributed by atoms with Gasteiger partial charge in [-0.15, -0.1) is 12.4 Å². The molecule has 0 radical (unpaired) electrons. The van der Waals surface area contributed by atoms with Crippen molar-refractivity contribution < 1.29 is 17.9 Å². The van der Waals surface area contributed by atoms with Gasteiger partial charge in [0.15, 0.2) is 0 Å². The maximum absolute atomic E-state index is 12.7. The molecule has 3 rings (SSSR count). The molecule has 1 aliphatic rings. The molecule has 26 heavy (non-hydrogen) atoms. The molecule has 0 aromatic heterocycles. The lowest BCUT2D eigenvalue weighted by atomic mass is 10.3. The van der Waals surface area contributed by atoms with Gasteiger partial charge in [-0.3, -0.25) is 0 Å². The summed E-state index contributed by atoms with van der Waals surface area (Å²) in [6.45, 7) is 2.56. The SMILES string of the molecule is COc1ccc(Oc2ccc(S(=O)(=O)N3CCCNCC3)cc2)cc1.Cl. The topological polar surface area (TPSA) is 67.9 Å². The zero-order valence-corrected chi connectivity index (χ0v) is 16.2. The molecular weight excluding hydrogens is 376 g/mol. The van der Waals surface area contributed by atoms with Gasteiger partial charge in [-0.05, 0) is 61.5 Å². The fraction of sp³-hybridized carbons (Fsp3) is 0.333. The summed E-state index contributed by atoms with van der Waals surface area (Å²) in [5, 5.41) is 3.21. The Bertz CT molecular complexity index is 787. The first-order valence-corrected chi connectivity index (χ1v) is 9.66. The van der Waals surface area contributed by atoms with E-state index in [1.54, 1.807) is 43.5 Å². The molecule has 8 heteroatoms. The van der Waals surface area contributed by atoms with Gasteiger partial charge < -0.3 is 14.8 Å². The molecule has 0 bridgehead atoms. The monoisotopic (exact) mass is 398 g/mol. The van der Waals surface area contributed by atoms with E-state index < -0.39 is 10.0 Å². The second-order valence-corrected chi connectivity index (χ2v) is 7.69. The molecular formula is C18H23ClN2O4S. The number of hydrogen-bond acceptors (Lipinski definition) is 5. The van der Waals surface area contributed by atoms with Crippen LogP contribution in [0.4, 0.5) is 0 Å². The zero-order chi connectivity index (χ0) is 17.7. The normalized spacial score (nSPS) is 15.6. The number of sulfonamides is 1. The van der Waals surface area contributed by atoms with E-state index in [1.807, 2.05) is 12.1 Å². The van der Waals surface area contributed by atoms with Crippen LogP contribution in [-0.4, -0.2) is 46.0 Å². The van der Waals surface area contributed by atoms with Gasteiger partial charge in [0.2, 0.25) is 10.0 Å². The molecule has 1 fully saturated rings. The summed E-state index contributed by atoms with van der Waals surface area (Å²) in [4.78, 5) is 0.288. The molecule has 1 saturated heterocycles. The van der Waals surface area contributed by atoms with Crippen LogP contribution in [-0.2, 0) is 10.0 Å². The van der Waals surface area contributed by atoms with Crippen LogP contribution in [0.15, 0.2) is 53.4 Å². The summed E-state index contributed by atoms with van der Waals surface area (Å²) in [6.07, 6.45) is 0.817. The van der Waals surface area contributed by atoms with Crippen LogP contribution in [0.2, 0.25) is 0 Å². The van der Waals surface area contributed by atoms with E-state index >= 15 is 0 Å². The number of halogens is 1. The second kappa shape index (κ2) is 9.23. The van der Waals surface area contributed by atoms with E-state index in [4.69, 9.17) is 9.47 Å². The van der Waals surface area contributed by atoms with E-state index in [1.165, 1.54) is 4.31 Å². The van der Waals surface area contributed by atoms with Crippen LogP contribution in [0, 0.1) is 0 Å². The number of nitrogens with zero attached hydrogens (tertiary/aromatic N) is 1. The van der Waals surface area contributed by atoms with Crippen LogP contribution in [0.3, 0.4) is 0 Å². The first-order valence-electron chi connectivity index (χ1n) is 8.22. The Morgan fingerprint density at radius 2 is 1.46 bits per heavy atom. The molecule has 2 aromatic rings. The predicted octanol–water partition coefficient (Wildman–Crippen LogP) is 2.89. The number of hydrogen-bond donors (Lipinski definition) is 1. The molecule has 0 saturated carbocycles. The van der Waals surface area contributed by atoms with Crippen LogP contribution in [0.1, 0.15) is 6.42 Å². The van der Waals surface area contributed by atoms with E-state index in [9.17, 15) is 8.42 Å². The number of benzene rings is 2. The first-order chi connectivity index (χ1) is 12.1. The van der Waals surface area contributed by atoms with E-state index in [0.717, 1.165) is 18.7 Å². The first kappa shape index (κ1) is 20.5. The smallest absolute Gasteiger partial charge is 0.243 e. The highest BCUT2D eigenvalue weighted by atomic mass is 35.5. The van der Waals surface area contributed by atoms with Crippen molar-refractivity contribution >= 4 is 22.4 Å².